The number of para-hydroxylation sites is 1. The summed E-state index contributed by atoms with van der Waals surface area (Å²) in [6.45, 7) is 1.82. The Labute approximate surface area is 135 Å². The third-order valence-corrected chi connectivity index (χ3v) is 3.42. The number of aliphatic carboxylic acids is 1. The first-order valence-corrected chi connectivity index (χ1v) is 7.41. The van der Waals surface area contributed by atoms with Crippen LogP contribution in [0, 0.1) is 0 Å². The van der Waals surface area contributed by atoms with Gasteiger partial charge in [0.05, 0.1) is 0 Å². The van der Waals surface area contributed by atoms with E-state index in [2.05, 4.69) is 0 Å². The molecule has 0 aliphatic carbocycles. The summed E-state index contributed by atoms with van der Waals surface area (Å²) in [4.78, 5) is 25.1. The van der Waals surface area contributed by atoms with Crippen molar-refractivity contribution in [1.29, 1.82) is 0 Å². The Morgan fingerprint density at radius 2 is 1.61 bits per heavy atom. The van der Waals surface area contributed by atoms with Crippen molar-refractivity contribution in [3.8, 4) is 0 Å². The number of benzene rings is 2. The minimum Gasteiger partial charge on any atom is -0.480 e. The summed E-state index contributed by atoms with van der Waals surface area (Å²) in [5.74, 6) is -1.06. The number of amides is 1. The van der Waals surface area contributed by atoms with Gasteiger partial charge in [-0.15, -0.1) is 0 Å². The van der Waals surface area contributed by atoms with Crippen LogP contribution < -0.4 is 4.90 Å². The molecular weight excluding hydrogens is 294 g/mol. The number of nitrogens with zero attached hydrogens (tertiary/aromatic N) is 1. The number of anilines is 1. The van der Waals surface area contributed by atoms with Gasteiger partial charge in [0.1, 0.15) is 12.6 Å². The van der Waals surface area contributed by atoms with E-state index in [0.29, 0.717) is 5.69 Å². The molecule has 0 bridgehead atoms. The van der Waals surface area contributed by atoms with Crippen molar-refractivity contribution in [2.45, 2.75) is 26.0 Å². The van der Waals surface area contributed by atoms with Crippen LogP contribution in [0.4, 0.5) is 10.5 Å². The minimum absolute atomic E-state index is 0.0963. The standard InChI is InChI=1S/C18H19NO4/c1-2-16(17(20)21)19(15-11-7-4-8-12-15)18(22)23-13-14-9-5-3-6-10-14/h3-12,16H,2,13H2,1H3,(H,20,21)/t16-/m1/s1. The number of carbonyl (C=O) groups excluding carboxylic acids is 1. The van der Waals surface area contributed by atoms with Crippen molar-refractivity contribution in [2.24, 2.45) is 0 Å². The second-order valence-electron chi connectivity index (χ2n) is 5.01. The van der Waals surface area contributed by atoms with E-state index in [1.165, 1.54) is 4.90 Å². The zero-order chi connectivity index (χ0) is 16.7. The second-order valence-corrected chi connectivity index (χ2v) is 5.01. The molecule has 5 heteroatoms. The molecule has 2 rings (SSSR count). The van der Waals surface area contributed by atoms with Gasteiger partial charge >= 0.3 is 12.1 Å². The third-order valence-electron chi connectivity index (χ3n) is 3.42. The van der Waals surface area contributed by atoms with Crippen LogP contribution in [0.1, 0.15) is 18.9 Å². The van der Waals surface area contributed by atoms with Gasteiger partial charge in [0.25, 0.3) is 0 Å². The number of hydrogen-bond acceptors (Lipinski definition) is 3. The second kappa shape index (κ2) is 7.98. The molecule has 0 aromatic heterocycles. The van der Waals surface area contributed by atoms with Crippen LogP contribution in [0.2, 0.25) is 0 Å². The highest BCUT2D eigenvalue weighted by Crippen LogP contribution is 2.20. The Bertz CT molecular complexity index is 643. The van der Waals surface area contributed by atoms with Gasteiger partial charge in [0.15, 0.2) is 0 Å². The zero-order valence-electron chi connectivity index (χ0n) is 12.9. The number of carboxylic acid groups (broad SMARTS) is 1. The van der Waals surface area contributed by atoms with E-state index >= 15 is 0 Å². The summed E-state index contributed by atoms with van der Waals surface area (Å²) < 4.78 is 5.30. The van der Waals surface area contributed by atoms with Crippen molar-refractivity contribution in [1.82, 2.24) is 0 Å². The first kappa shape index (κ1) is 16.5. The normalized spacial score (nSPS) is 11.5. The lowest BCUT2D eigenvalue weighted by Crippen LogP contribution is -2.45. The lowest BCUT2D eigenvalue weighted by atomic mass is 10.1. The topological polar surface area (TPSA) is 66.8 Å². The van der Waals surface area contributed by atoms with Gasteiger partial charge in [-0.2, -0.15) is 0 Å². The predicted molar refractivity (Wildman–Crippen MR) is 87.3 cm³/mol. The molecule has 0 heterocycles. The number of hydrogen-bond donors (Lipinski definition) is 1. The molecular formula is C18H19NO4. The molecule has 0 aliphatic rings. The third kappa shape index (κ3) is 4.32. The highest BCUT2D eigenvalue weighted by molar-refractivity contribution is 5.95. The van der Waals surface area contributed by atoms with Gasteiger partial charge in [0.2, 0.25) is 0 Å². The number of carbonyl (C=O) groups is 2. The predicted octanol–water partition coefficient (Wildman–Crippen LogP) is 3.69. The van der Waals surface area contributed by atoms with Gasteiger partial charge in [-0.3, -0.25) is 4.90 Å². The quantitative estimate of drug-likeness (QED) is 0.883. The summed E-state index contributed by atoms with van der Waals surface area (Å²) in [6.07, 6.45) is -0.390. The highest BCUT2D eigenvalue weighted by atomic mass is 16.6. The molecule has 0 unspecified atom stereocenters. The molecule has 1 atom stereocenters. The average Bonchev–Trinajstić information content (AvgIpc) is 2.58. The molecule has 120 valence electrons. The number of rotatable bonds is 6. The largest absolute Gasteiger partial charge is 0.480 e. The molecule has 0 fully saturated rings. The van der Waals surface area contributed by atoms with Crippen LogP contribution in [0.5, 0.6) is 0 Å². The van der Waals surface area contributed by atoms with Crippen LogP contribution in [-0.4, -0.2) is 23.2 Å². The van der Waals surface area contributed by atoms with Gasteiger partial charge < -0.3 is 9.84 Å². The summed E-state index contributed by atoms with van der Waals surface area (Å²) in [5, 5.41) is 9.39. The van der Waals surface area contributed by atoms with Crippen LogP contribution in [0.3, 0.4) is 0 Å². The van der Waals surface area contributed by atoms with Crippen LogP contribution in [-0.2, 0) is 16.1 Å². The van der Waals surface area contributed by atoms with Crippen molar-refractivity contribution in [3.05, 3.63) is 66.2 Å². The monoisotopic (exact) mass is 313 g/mol. The molecule has 2 aromatic carbocycles. The van der Waals surface area contributed by atoms with Gasteiger partial charge in [-0.25, -0.2) is 9.59 Å². The van der Waals surface area contributed by atoms with Crippen molar-refractivity contribution in [2.75, 3.05) is 4.90 Å². The van der Waals surface area contributed by atoms with E-state index in [1.54, 1.807) is 37.3 Å². The SMILES string of the molecule is CC[C@H](C(=O)O)N(C(=O)OCc1ccccc1)c1ccccc1. The Morgan fingerprint density at radius 3 is 2.13 bits per heavy atom. The molecule has 23 heavy (non-hydrogen) atoms. The summed E-state index contributed by atoms with van der Waals surface area (Å²) in [7, 11) is 0. The maximum absolute atomic E-state index is 12.5. The first-order valence-electron chi connectivity index (χ1n) is 7.41. The fourth-order valence-electron chi connectivity index (χ4n) is 2.26. The van der Waals surface area contributed by atoms with Crippen molar-refractivity contribution >= 4 is 17.7 Å². The lowest BCUT2D eigenvalue weighted by molar-refractivity contribution is -0.138. The van der Waals surface area contributed by atoms with Crippen molar-refractivity contribution in [3.63, 3.8) is 0 Å². The Morgan fingerprint density at radius 1 is 1.04 bits per heavy atom. The molecule has 0 spiro atoms. The van der Waals surface area contributed by atoms with E-state index < -0.39 is 18.1 Å². The molecule has 0 radical (unpaired) electrons. The summed E-state index contributed by atoms with van der Waals surface area (Å²) in [6, 6.07) is 17.0. The molecule has 5 nitrogen and oxygen atoms in total. The minimum atomic E-state index is -1.06. The summed E-state index contributed by atoms with van der Waals surface area (Å²) in [5.41, 5.74) is 1.34. The van der Waals surface area contributed by atoms with Crippen LogP contribution in [0.25, 0.3) is 0 Å². The first-order chi connectivity index (χ1) is 11.1. The number of ether oxygens (including phenoxy) is 1. The fraction of sp³-hybridized carbons (Fsp3) is 0.222. The maximum atomic E-state index is 12.5. The van der Waals surface area contributed by atoms with Gasteiger partial charge in [0, 0.05) is 5.69 Å². The van der Waals surface area contributed by atoms with Crippen molar-refractivity contribution < 1.29 is 19.4 Å². The van der Waals surface area contributed by atoms with E-state index in [-0.39, 0.29) is 13.0 Å². The van der Waals surface area contributed by atoms with E-state index in [0.717, 1.165) is 5.56 Å². The average molecular weight is 313 g/mol. The summed E-state index contributed by atoms with van der Waals surface area (Å²) >= 11 is 0. The lowest BCUT2D eigenvalue weighted by Gasteiger charge is -2.27. The molecule has 0 aliphatic heterocycles. The van der Waals surface area contributed by atoms with Gasteiger partial charge in [-0.05, 0) is 24.1 Å². The molecule has 1 N–H and O–H groups in total. The smallest absolute Gasteiger partial charge is 0.415 e. The molecule has 0 saturated heterocycles. The van der Waals surface area contributed by atoms with E-state index in [9.17, 15) is 14.7 Å². The zero-order valence-corrected chi connectivity index (χ0v) is 12.9. The van der Waals surface area contributed by atoms with E-state index in [4.69, 9.17) is 4.74 Å². The van der Waals surface area contributed by atoms with Gasteiger partial charge in [-0.1, -0.05) is 55.5 Å². The molecule has 1 amide bonds. The highest BCUT2D eigenvalue weighted by Gasteiger charge is 2.30. The van der Waals surface area contributed by atoms with Crippen LogP contribution in [0.15, 0.2) is 60.7 Å². The Kier molecular flexibility index (Phi) is 5.74. The fourth-order valence-corrected chi connectivity index (χ4v) is 2.26. The van der Waals surface area contributed by atoms with Crippen LogP contribution >= 0.6 is 0 Å². The molecule has 2 aromatic rings. The Hall–Kier alpha value is -2.82. The maximum Gasteiger partial charge on any atom is 0.415 e. The molecule has 0 saturated carbocycles. The van der Waals surface area contributed by atoms with E-state index in [1.807, 2.05) is 30.3 Å². The Balaban J connectivity index is 2.19. The number of carboxylic acids is 1.